The molecule has 0 aliphatic heterocycles. The predicted octanol–water partition coefficient (Wildman–Crippen LogP) is 1.50. The molecule has 22 heavy (non-hydrogen) atoms. The first-order chi connectivity index (χ1) is 10.2. The van der Waals surface area contributed by atoms with E-state index < -0.39 is 41.8 Å². The number of carbonyl (C=O) groups excluding carboxylic acids is 2. The summed E-state index contributed by atoms with van der Waals surface area (Å²) in [4.78, 5) is 26.5. The number of aliphatic hydroxyl groups excluding tert-OH is 1. The maximum absolute atomic E-state index is 12.0. The van der Waals surface area contributed by atoms with Crippen LogP contribution in [0.1, 0.15) is 34.1 Å². The van der Waals surface area contributed by atoms with Crippen molar-refractivity contribution in [2.24, 2.45) is 11.0 Å². The van der Waals surface area contributed by atoms with Crippen molar-refractivity contribution in [1.29, 1.82) is 0 Å². The normalized spacial score (nSPS) is 27.7. The third-order valence-corrected chi connectivity index (χ3v) is 3.16. The number of ether oxygens (including phenoxy) is 2. The molecule has 2 N–H and O–H groups in total. The molecule has 4 atom stereocenters. The van der Waals surface area contributed by atoms with Crippen molar-refractivity contribution >= 4 is 12.1 Å². The van der Waals surface area contributed by atoms with E-state index in [1.54, 1.807) is 27.7 Å². The number of rotatable bonds is 4. The van der Waals surface area contributed by atoms with E-state index >= 15 is 0 Å². The molecule has 0 spiro atoms. The van der Waals surface area contributed by atoms with Crippen LogP contribution in [0.5, 0.6) is 0 Å². The number of azide groups is 1. The van der Waals surface area contributed by atoms with Crippen molar-refractivity contribution in [1.82, 2.24) is 5.32 Å². The molecule has 9 heteroatoms. The molecule has 0 saturated heterocycles. The van der Waals surface area contributed by atoms with Crippen LogP contribution in [0.3, 0.4) is 0 Å². The summed E-state index contributed by atoms with van der Waals surface area (Å²) in [7, 11) is 0. The molecular formula is C13H22N4O5. The Morgan fingerprint density at radius 3 is 2.59 bits per heavy atom. The lowest BCUT2D eigenvalue weighted by atomic mass is 10.0. The minimum absolute atomic E-state index is 0.102. The van der Waals surface area contributed by atoms with E-state index in [-0.39, 0.29) is 13.0 Å². The first-order valence-electron chi connectivity index (χ1n) is 7.08. The average molecular weight is 314 g/mol. The maximum atomic E-state index is 12.0. The molecule has 0 aromatic heterocycles. The van der Waals surface area contributed by atoms with Gasteiger partial charge in [0.25, 0.3) is 0 Å². The van der Waals surface area contributed by atoms with Crippen LogP contribution in [0, 0.1) is 5.92 Å². The number of nitrogens with zero attached hydrogens (tertiary/aromatic N) is 3. The molecule has 0 bridgehead atoms. The number of alkyl carbamates (subject to hydrolysis) is 1. The molecule has 9 nitrogen and oxygen atoms in total. The summed E-state index contributed by atoms with van der Waals surface area (Å²) in [6, 6.07) is -1.73. The summed E-state index contributed by atoms with van der Waals surface area (Å²) >= 11 is 0. The molecule has 0 aromatic rings. The second-order valence-corrected chi connectivity index (χ2v) is 6.03. The monoisotopic (exact) mass is 314 g/mol. The topological polar surface area (TPSA) is 134 Å². The Hall–Kier alpha value is -1.99. The summed E-state index contributed by atoms with van der Waals surface area (Å²) < 4.78 is 10.1. The first kappa shape index (κ1) is 18.1. The highest BCUT2D eigenvalue weighted by molar-refractivity contribution is 5.76. The molecular weight excluding hydrogens is 292 g/mol. The van der Waals surface area contributed by atoms with Gasteiger partial charge in [-0.1, -0.05) is 5.11 Å². The highest BCUT2D eigenvalue weighted by Crippen LogP contribution is 2.30. The molecule has 0 unspecified atom stereocenters. The number of amides is 1. The minimum atomic E-state index is -1.18. The Balaban J connectivity index is 2.87. The van der Waals surface area contributed by atoms with Crippen molar-refractivity contribution in [3.05, 3.63) is 10.4 Å². The standard InChI is InChI=1S/C13H22N4O5/c1-5-21-11(19)7-6-8(16-17-14)10(18)9(7)15-12(20)22-13(2,3)4/h7-10,18H,5-6H2,1-4H3,(H,15,20)/t7-,8+,9-,10-/m1/s1. The Kier molecular flexibility index (Phi) is 6.01. The predicted molar refractivity (Wildman–Crippen MR) is 76.8 cm³/mol. The van der Waals surface area contributed by atoms with Crippen LogP contribution < -0.4 is 5.32 Å². The maximum Gasteiger partial charge on any atom is 0.407 e. The van der Waals surface area contributed by atoms with Gasteiger partial charge in [-0.2, -0.15) is 0 Å². The second kappa shape index (κ2) is 7.33. The van der Waals surface area contributed by atoms with Crippen LogP contribution in [0.4, 0.5) is 4.79 Å². The SMILES string of the molecule is CCOC(=O)[C@@H]1C[C@H](N=[N+]=[N-])[C@@H](O)[C@@H]1NC(=O)OC(C)(C)C. The average Bonchev–Trinajstić information content (AvgIpc) is 2.66. The third-order valence-electron chi connectivity index (χ3n) is 3.16. The Morgan fingerprint density at radius 1 is 1.45 bits per heavy atom. The summed E-state index contributed by atoms with van der Waals surface area (Å²) in [6.45, 7) is 6.93. The smallest absolute Gasteiger partial charge is 0.407 e. The van der Waals surface area contributed by atoms with Gasteiger partial charge in [0.1, 0.15) is 5.60 Å². The van der Waals surface area contributed by atoms with Gasteiger partial charge < -0.3 is 19.9 Å². The van der Waals surface area contributed by atoms with Gasteiger partial charge in [0.2, 0.25) is 0 Å². The molecule has 1 aliphatic carbocycles. The number of esters is 1. The van der Waals surface area contributed by atoms with Crippen LogP contribution >= 0.6 is 0 Å². The van der Waals surface area contributed by atoms with E-state index in [1.807, 2.05) is 0 Å². The fourth-order valence-electron chi connectivity index (χ4n) is 2.33. The second-order valence-electron chi connectivity index (χ2n) is 6.03. The van der Waals surface area contributed by atoms with Gasteiger partial charge in [-0.15, -0.1) is 0 Å². The lowest BCUT2D eigenvalue weighted by Crippen LogP contribution is -2.49. The van der Waals surface area contributed by atoms with Crippen LogP contribution in [-0.4, -0.2) is 47.6 Å². The van der Waals surface area contributed by atoms with Gasteiger partial charge >= 0.3 is 12.1 Å². The van der Waals surface area contributed by atoms with E-state index in [0.717, 1.165) is 0 Å². The first-order valence-corrected chi connectivity index (χ1v) is 7.08. The lowest BCUT2D eigenvalue weighted by Gasteiger charge is -2.25. The zero-order valence-electron chi connectivity index (χ0n) is 13.1. The minimum Gasteiger partial charge on any atom is -0.466 e. The summed E-state index contributed by atoms with van der Waals surface area (Å²) in [5, 5.41) is 16.1. The van der Waals surface area contributed by atoms with E-state index in [4.69, 9.17) is 15.0 Å². The van der Waals surface area contributed by atoms with Gasteiger partial charge in [0.15, 0.2) is 0 Å². The Labute approximate surface area is 128 Å². The molecule has 0 aromatic carbocycles. The largest absolute Gasteiger partial charge is 0.466 e. The van der Waals surface area contributed by atoms with Gasteiger partial charge in [0, 0.05) is 4.91 Å². The number of nitrogens with one attached hydrogen (secondary N) is 1. The van der Waals surface area contributed by atoms with E-state index in [1.165, 1.54) is 0 Å². The number of aliphatic hydroxyl groups is 1. The van der Waals surface area contributed by atoms with Crippen LogP contribution in [-0.2, 0) is 14.3 Å². The summed E-state index contributed by atoms with van der Waals surface area (Å²) in [5.41, 5.74) is 7.80. The molecule has 1 fully saturated rings. The molecule has 1 amide bonds. The van der Waals surface area contributed by atoms with Gasteiger partial charge in [-0.25, -0.2) is 4.79 Å². The van der Waals surface area contributed by atoms with Gasteiger partial charge in [0.05, 0.1) is 30.7 Å². The Bertz CT molecular complexity index is 470. The third kappa shape index (κ3) is 4.78. The zero-order chi connectivity index (χ0) is 16.9. The van der Waals surface area contributed by atoms with Crippen LogP contribution in [0.25, 0.3) is 10.4 Å². The molecule has 1 aliphatic rings. The van der Waals surface area contributed by atoms with Gasteiger partial charge in [-0.3, -0.25) is 4.79 Å². The summed E-state index contributed by atoms with van der Waals surface area (Å²) in [5.74, 6) is -1.35. The van der Waals surface area contributed by atoms with E-state index in [2.05, 4.69) is 15.3 Å². The van der Waals surface area contributed by atoms with Gasteiger partial charge in [-0.05, 0) is 39.6 Å². The molecule has 1 rings (SSSR count). The highest BCUT2D eigenvalue weighted by Gasteiger charge is 2.47. The molecule has 0 radical (unpaired) electrons. The molecule has 0 heterocycles. The van der Waals surface area contributed by atoms with E-state index in [9.17, 15) is 14.7 Å². The van der Waals surface area contributed by atoms with Crippen molar-refractivity contribution in [2.75, 3.05) is 6.61 Å². The number of carbonyl (C=O) groups is 2. The Morgan fingerprint density at radius 2 is 2.09 bits per heavy atom. The van der Waals surface area contributed by atoms with Crippen molar-refractivity contribution in [3.63, 3.8) is 0 Å². The van der Waals surface area contributed by atoms with Crippen molar-refractivity contribution < 1.29 is 24.2 Å². The molecule has 124 valence electrons. The van der Waals surface area contributed by atoms with Crippen molar-refractivity contribution in [3.8, 4) is 0 Å². The number of hydrogen-bond acceptors (Lipinski definition) is 6. The lowest BCUT2D eigenvalue weighted by molar-refractivity contribution is -0.148. The quantitative estimate of drug-likeness (QED) is 0.351. The number of hydrogen-bond donors (Lipinski definition) is 2. The molecule has 1 saturated carbocycles. The van der Waals surface area contributed by atoms with Crippen molar-refractivity contribution in [2.45, 2.75) is 57.9 Å². The fraction of sp³-hybridized carbons (Fsp3) is 0.846. The zero-order valence-corrected chi connectivity index (χ0v) is 13.1. The van der Waals surface area contributed by atoms with Crippen LogP contribution in [0.15, 0.2) is 5.11 Å². The van der Waals surface area contributed by atoms with E-state index in [0.29, 0.717) is 0 Å². The van der Waals surface area contributed by atoms with Crippen LogP contribution in [0.2, 0.25) is 0 Å². The highest BCUT2D eigenvalue weighted by atomic mass is 16.6. The summed E-state index contributed by atoms with van der Waals surface area (Å²) in [6.07, 6.45) is -1.84. The fourth-order valence-corrected chi connectivity index (χ4v) is 2.33.